The Labute approximate surface area is 141 Å². The lowest BCUT2D eigenvalue weighted by Crippen LogP contribution is -2.29. The van der Waals surface area contributed by atoms with Crippen molar-refractivity contribution in [1.29, 1.82) is 0 Å². The highest BCUT2D eigenvalue weighted by molar-refractivity contribution is 7.90. The van der Waals surface area contributed by atoms with Crippen LogP contribution in [0.15, 0.2) is 53.4 Å². The van der Waals surface area contributed by atoms with Gasteiger partial charge in [-0.3, -0.25) is 4.79 Å². The number of hydrogen-bond donors (Lipinski definition) is 1. The van der Waals surface area contributed by atoms with Crippen LogP contribution in [0.2, 0.25) is 0 Å². The lowest BCUT2D eigenvalue weighted by molar-refractivity contribution is -0.121. The van der Waals surface area contributed by atoms with Gasteiger partial charge in [-0.25, -0.2) is 12.8 Å². The molecule has 24 heavy (non-hydrogen) atoms. The molecule has 0 aliphatic rings. The number of benzene rings is 2. The fraction of sp³-hybridized carbons (Fsp3) is 0.278. The molecular weight excluding hydrogens is 329 g/mol. The second kappa shape index (κ2) is 7.57. The van der Waals surface area contributed by atoms with Crippen molar-refractivity contribution in [3.8, 4) is 0 Å². The Morgan fingerprint density at radius 2 is 1.75 bits per heavy atom. The molecule has 0 aromatic heterocycles. The molecule has 2 aromatic carbocycles. The quantitative estimate of drug-likeness (QED) is 0.872. The zero-order valence-corrected chi connectivity index (χ0v) is 14.4. The van der Waals surface area contributed by atoms with Crippen molar-refractivity contribution >= 4 is 15.7 Å². The van der Waals surface area contributed by atoms with Crippen LogP contribution in [0.4, 0.5) is 4.39 Å². The summed E-state index contributed by atoms with van der Waals surface area (Å²) in [5.74, 6) is -0.683. The van der Waals surface area contributed by atoms with Gasteiger partial charge < -0.3 is 5.32 Å². The molecule has 1 unspecified atom stereocenters. The largest absolute Gasteiger partial charge is 0.349 e. The van der Waals surface area contributed by atoms with Gasteiger partial charge in [-0.2, -0.15) is 0 Å². The SMILES string of the molecule is CCC(NC(=O)Cc1ccccc1F)c1ccc(S(C)(=O)=O)cc1. The Hall–Kier alpha value is -2.21. The maximum atomic E-state index is 13.6. The van der Waals surface area contributed by atoms with Crippen LogP contribution < -0.4 is 5.32 Å². The van der Waals surface area contributed by atoms with E-state index in [9.17, 15) is 17.6 Å². The molecule has 0 aliphatic carbocycles. The van der Waals surface area contributed by atoms with Gasteiger partial charge in [-0.1, -0.05) is 37.3 Å². The van der Waals surface area contributed by atoms with Crippen LogP contribution in [0.25, 0.3) is 0 Å². The van der Waals surface area contributed by atoms with Crippen molar-refractivity contribution in [3.05, 3.63) is 65.5 Å². The number of hydrogen-bond acceptors (Lipinski definition) is 3. The molecule has 128 valence electrons. The standard InChI is InChI=1S/C18H20FNO3S/c1-3-17(13-8-10-15(11-9-13)24(2,22)23)20-18(21)12-14-6-4-5-7-16(14)19/h4-11,17H,3,12H2,1-2H3,(H,20,21). The molecule has 0 heterocycles. The van der Waals surface area contributed by atoms with Crippen molar-refractivity contribution in [3.63, 3.8) is 0 Å². The van der Waals surface area contributed by atoms with Crippen LogP contribution >= 0.6 is 0 Å². The molecule has 0 saturated carbocycles. The summed E-state index contributed by atoms with van der Waals surface area (Å²) in [4.78, 5) is 12.4. The van der Waals surface area contributed by atoms with E-state index in [1.165, 1.54) is 18.2 Å². The van der Waals surface area contributed by atoms with Gasteiger partial charge in [-0.05, 0) is 35.7 Å². The van der Waals surface area contributed by atoms with Crippen molar-refractivity contribution in [2.45, 2.75) is 30.7 Å². The molecule has 0 bridgehead atoms. The summed E-state index contributed by atoms with van der Waals surface area (Å²) in [5.41, 5.74) is 1.16. The average Bonchev–Trinajstić information content (AvgIpc) is 2.54. The van der Waals surface area contributed by atoms with E-state index < -0.39 is 15.7 Å². The van der Waals surface area contributed by atoms with Crippen LogP contribution in [0.1, 0.15) is 30.5 Å². The molecule has 0 saturated heterocycles. The molecule has 0 fully saturated rings. The molecule has 0 aliphatic heterocycles. The lowest BCUT2D eigenvalue weighted by atomic mass is 10.0. The number of carbonyl (C=O) groups is 1. The number of rotatable bonds is 6. The third-order valence-corrected chi connectivity index (χ3v) is 4.89. The summed E-state index contributed by atoms with van der Waals surface area (Å²) in [6, 6.07) is 12.3. The Morgan fingerprint density at radius 3 is 2.29 bits per heavy atom. The van der Waals surface area contributed by atoms with Gasteiger partial charge in [0.1, 0.15) is 5.82 Å². The third-order valence-electron chi connectivity index (χ3n) is 3.76. The minimum atomic E-state index is -3.25. The molecule has 6 heteroatoms. The van der Waals surface area contributed by atoms with Gasteiger partial charge in [0.15, 0.2) is 9.84 Å². The number of sulfone groups is 1. The van der Waals surface area contributed by atoms with Gasteiger partial charge in [0, 0.05) is 6.26 Å². The van der Waals surface area contributed by atoms with Crippen molar-refractivity contribution in [2.75, 3.05) is 6.26 Å². The van der Waals surface area contributed by atoms with Crippen molar-refractivity contribution < 1.29 is 17.6 Å². The highest BCUT2D eigenvalue weighted by Gasteiger charge is 2.15. The van der Waals surface area contributed by atoms with E-state index in [1.54, 1.807) is 30.3 Å². The van der Waals surface area contributed by atoms with E-state index in [-0.39, 0.29) is 23.3 Å². The molecule has 1 atom stereocenters. The van der Waals surface area contributed by atoms with Crippen LogP contribution in [0.3, 0.4) is 0 Å². The predicted octanol–water partition coefficient (Wildman–Crippen LogP) is 3.04. The summed E-state index contributed by atoms with van der Waals surface area (Å²) in [6.07, 6.45) is 1.75. The van der Waals surface area contributed by atoms with E-state index in [0.717, 1.165) is 11.8 Å². The second-order valence-corrected chi connectivity index (χ2v) is 7.65. The Kier molecular flexibility index (Phi) is 5.72. The minimum Gasteiger partial charge on any atom is -0.349 e. The number of carbonyl (C=O) groups excluding carboxylic acids is 1. The fourth-order valence-electron chi connectivity index (χ4n) is 2.43. The van der Waals surface area contributed by atoms with E-state index in [4.69, 9.17) is 0 Å². The van der Waals surface area contributed by atoms with Crippen LogP contribution in [-0.2, 0) is 21.1 Å². The van der Waals surface area contributed by atoms with Gasteiger partial charge in [-0.15, -0.1) is 0 Å². The first kappa shape index (κ1) is 18.1. The molecule has 4 nitrogen and oxygen atoms in total. The summed E-state index contributed by atoms with van der Waals surface area (Å²) < 4.78 is 36.6. The highest BCUT2D eigenvalue weighted by Crippen LogP contribution is 2.19. The van der Waals surface area contributed by atoms with Crippen LogP contribution in [0, 0.1) is 5.82 Å². The van der Waals surface area contributed by atoms with Crippen LogP contribution in [0.5, 0.6) is 0 Å². The molecule has 0 spiro atoms. The number of nitrogens with one attached hydrogen (secondary N) is 1. The summed E-state index contributed by atoms with van der Waals surface area (Å²) >= 11 is 0. The second-order valence-electron chi connectivity index (χ2n) is 5.64. The van der Waals surface area contributed by atoms with E-state index >= 15 is 0 Å². The van der Waals surface area contributed by atoms with Gasteiger partial charge in [0.05, 0.1) is 17.4 Å². The smallest absolute Gasteiger partial charge is 0.225 e. The van der Waals surface area contributed by atoms with Crippen molar-refractivity contribution in [2.24, 2.45) is 0 Å². The van der Waals surface area contributed by atoms with Crippen LogP contribution in [-0.4, -0.2) is 20.6 Å². The summed E-state index contributed by atoms with van der Waals surface area (Å²) in [5, 5.41) is 2.86. The first-order valence-electron chi connectivity index (χ1n) is 7.64. The Bertz CT molecular complexity index is 816. The fourth-order valence-corrected chi connectivity index (χ4v) is 3.06. The van der Waals surface area contributed by atoms with Gasteiger partial charge >= 0.3 is 0 Å². The first-order chi connectivity index (χ1) is 11.3. The minimum absolute atomic E-state index is 0.0371. The molecule has 2 aromatic rings. The molecule has 1 amide bonds. The van der Waals surface area contributed by atoms with E-state index in [1.807, 2.05) is 6.92 Å². The summed E-state index contributed by atoms with van der Waals surface area (Å²) in [6.45, 7) is 1.92. The lowest BCUT2D eigenvalue weighted by Gasteiger charge is -2.18. The molecule has 2 rings (SSSR count). The van der Waals surface area contributed by atoms with Gasteiger partial charge in [0.2, 0.25) is 5.91 Å². The topological polar surface area (TPSA) is 63.2 Å². The zero-order chi connectivity index (χ0) is 17.7. The normalized spacial score (nSPS) is 12.6. The maximum Gasteiger partial charge on any atom is 0.225 e. The molecule has 0 radical (unpaired) electrons. The van der Waals surface area contributed by atoms with Crippen molar-refractivity contribution in [1.82, 2.24) is 5.32 Å². The zero-order valence-electron chi connectivity index (χ0n) is 13.6. The Balaban J connectivity index is 2.09. The maximum absolute atomic E-state index is 13.6. The molecule has 1 N–H and O–H groups in total. The first-order valence-corrected chi connectivity index (χ1v) is 9.53. The Morgan fingerprint density at radius 1 is 1.12 bits per heavy atom. The number of halogens is 1. The van der Waals surface area contributed by atoms with E-state index in [2.05, 4.69) is 5.32 Å². The van der Waals surface area contributed by atoms with E-state index in [0.29, 0.717) is 12.0 Å². The van der Waals surface area contributed by atoms with Gasteiger partial charge in [0.25, 0.3) is 0 Å². The average molecular weight is 349 g/mol. The summed E-state index contributed by atoms with van der Waals surface area (Å²) in [7, 11) is -3.25. The third kappa shape index (κ3) is 4.64. The predicted molar refractivity (Wildman–Crippen MR) is 90.8 cm³/mol. The highest BCUT2D eigenvalue weighted by atomic mass is 32.2. The number of amides is 1. The monoisotopic (exact) mass is 349 g/mol. The molecular formula is C18H20FNO3S.